The standard InChI is InChI=1S/C15H13F3N2O3/c1-8-6-10(4-5-19-8)20-13(21)11-3-2-9(15(16,17)18)7-12(11)14(22)23/h2-4,6-7,19H,5H2,1H3,(H,20,21)(H,22,23). The zero-order valence-electron chi connectivity index (χ0n) is 12.0. The lowest BCUT2D eigenvalue weighted by molar-refractivity contribution is -0.137. The van der Waals surface area contributed by atoms with Crippen LogP contribution in [0.3, 0.4) is 0 Å². The number of carboxylic acids is 1. The number of amides is 1. The van der Waals surface area contributed by atoms with Gasteiger partial charge in [-0.3, -0.25) is 4.79 Å². The number of alkyl halides is 3. The maximum atomic E-state index is 12.7. The summed E-state index contributed by atoms with van der Waals surface area (Å²) in [5, 5.41) is 14.5. The van der Waals surface area contributed by atoms with E-state index in [4.69, 9.17) is 5.11 Å². The number of hydrogen-bond acceptors (Lipinski definition) is 3. The molecule has 1 aliphatic rings. The summed E-state index contributed by atoms with van der Waals surface area (Å²) in [7, 11) is 0. The van der Waals surface area contributed by atoms with Gasteiger partial charge in [0.25, 0.3) is 5.91 Å². The average Bonchev–Trinajstić information content (AvgIpc) is 2.45. The molecule has 0 saturated carbocycles. The highest BCUT2D eigenvalue weighted by molar-refractivity contribution is 6.05. The summed E-state index contributed by atoms with van der Waals surface area (Å²) < 4.78 is 38.0. The number of aromatic carboxylic acids is 1. The van der Waals surface area contributed by atoms with Crippen LogP contribution in [0.1, 0.15) is 33.2 Å². The summed E-state index contributed by atoms with van der Waals surface area (Å²) in [5.74, 6) is -2.39. The topological polar surface area (TPSA) is 78.4 Å². The van der Waals surface area contributed by atoms with Crippen molar-refractivity contribution in [2.45, 2.75) is 13.1 Å². The van der Waals surface area contributed by atoms with Gasteiger partial charge in [0, 0.05) is 17.9 Å². The van der Waals surface area contributed by atoms with Gasteiger partial charge >= 0.3 is 12.1 Å². The van der Waals surface area contributed by atoms with Crippen molar-refractivity contribution in [3.05, 3.63) is 58.4 Å². The second-order valence-electron chi connectivity index (χ2n) is 4.89. The Bertz CT molecular complexity index is 721. The molecule has 0 saturated heterocycles. The molecular weight excluding hydrogens is 313 g/mol. The van der Waals surface area contributed by atoms with E-state index < -0.39 is 29.2 Å². The van der Waals surface area contributed by atoms with Crippen LogP contribution in [-0.2, 0) is 6.18 Å². The molecule has 1 aromatic rings. The maximum absolute atomic E-state index is 12.7. The number of carboxylic acid groups (broad SMARTS) is 1. The highest BCUT2D eigenvalue weighted by Gasteiger charge is 2.32. The molecule has 0 fully saturated rings. The predicted octanol–water partition coefficient (Wildman–Crippen LogP) is 2.52. The average molecular weight is 326 g/mol. The minimum atomic E-state index is -4.68. The monoisotopic (exact) mass is 326 g/mol. The zero-order valence-corrected chi connectivity index (χ0v) is 12.0. The van der Waals surface area contributed by atoms with Crippen LogP contribution in [0.2, 0.25) is 0 Å². The second kappa shape index (κ2) is 6.15. The molecule has 1 amide bonds. The molecule has 23 heavy (non-hydrogen) atoms. The molecule has 3 N–H and O–H groups in total. The fourth-order valence-corrected chi connectivity index (χ4v) is 2.05. The van der Waals surface area contributed by atoms with Crippen molar-refractivity contribution >= 4 is 11.9 Å². The van der Waals surface area contributed by atoms with Crippen molar-refractivity contribution in [1.29, 1.82) is 0 Å². The minimum absolute atomic E-state index is 0.337. The van der Waals surface area contributed by atoms with Crippen LogP contribution in [0.25, 0.3) is 0 Å². The van der Waals surface area contributed by atoms with Gasteiger partial charge in [-0.25, -0.2) is 4.79 Å². The number of nitrogens with one attached hydrogen (secondary N) is 2. The van der Waals surface area contributed by atoms with Gasteiger partial charge in [0.05, 0.1) is 16.7 Å². The maximum Gasteiger partial charge on any atom is 0.416 e. The number of dihydropyridines is 1. The first-order valence-corrected chi connectivity index (χ1v) is 6.56. The summed E-state index contributed by atoms with van der Waals surface area (Å²) in [6, 6.07) is 1.99. The lowest BCUT2D eigenvalue weighted by atomic mass is 10.0. The lowest BCUT2D eigenvalue weighted by Crippen LogP contribution is -2.28. The van der Waals surface area contributed by atoms with Gasteiger partial charge in [0.2, 0.25) is 0 Å². The van der Waals surface area contributed by atoms with Crippen LogP contribution in [0.15, 0.2) is 41.7 Å². The van der Waals surface area contributed by atoms with Gasteiger partial charge in [-0.15, -0.1) is 0 Å². The minimum Gasteiger partial charge on any atom is -0.478 e. The van der Waals surface area contributed by atoms with Crippen molar-refractivity contribution in [2.24, 2.45) is 0 Å². The number of benzene rings is 1. The van der Waals surface area contributed by atoms with Gasteiger partial charge in [0.15, 0.2) is 0 Å². The molecule has 0 unspecified atom stereocenters. The van der Waals surface area contributed by atoms with E-state index in [0.29, 0.717) is 24.4 Å². The Kier molecular flexibility index (Phi) is 4.44. The first-order chi connectivity index (χ1) is 10.7. The third-order valence-electron chi connectivity index (χ3n) is 3.15. The summed E-state index contributed by atoms with van der Waals surface area (Å²) >= 11 is 0. The summed E-state index contributed by atoms with van der Waals surface area (Å²) in [4.78, 5) is 23.3. The Labute approximate surface area is 129 Å². The third kappa shape index (κ3) is 3.91. The van der Waals surface area contributed by atoms with Crippen LogP contribution < -0.4 is 10.6 Å². The molecule has 0 atom stereocenters. The van der Waals surface area contributed by atoms with Gasteiger partial charge < -0.3 is 15.7 Å². The van der Waals surface area contributed by atoms with Gasteiger partial charge in [-0.2, -0.15) is 13.2 Å². The summed E-state index contributed by atoms with van der Waals surface area (Å²) in [6.45, 7) is 2.26. The van der Waals surface area contributed by atoms with Gasteiger partial charge in [-0.1, -0.05) is 0 Å². The van der Waals surface area contributed by atoms with Crippen molar-refractivity contribution in [3.63, 3.8) is 0 Å². The third-order valence-corrected chi connectivity index (χ3v) is 3.15. The first kappa shape index (κ1) is 16.6. The van der Waals surface area contributed by atoms with E-state index in [-0.39, 0.29) is 5.56 Å². The van der Waals surface area contributed by atoms with E-state index in [2.05, 4.69) is 10.6 Å². The van der Waals surface area contributed by atoms with Gasteiger partial charge in [0.1, 0.15) is 0 Å². The zero-order chi connectivity index (χ0) is 17.2. The van der Waals surface area contributed by atoms with E-state index in [1.807, 2.05) is 0 Å². The van der Waals surface area contributed by atoms with Crippen LogP contribution in [0, 0.1) is 0 Å². The number of hydrogen-bond donors (Lipinski definition) is 3. The Morgan fingerprint density at radius 3 is 2.52 bits per heavy atom. The molecule has 0 bridgehead atoms. The highest BCUT2D eigenvalue weighted by Crippen LogP contribution is 2.30. The van der Waals surface area contributed by atoms with Crippen LogP contribution >= 0.6 is 0 Å². The molecule has 1 aromatic carbocycles. The van der Waals surface area contributed by atoms with E-state index in [1.54, 1.807) is 19.1 Å². The summed E-state index contributed by atoms with van der Waals surface area (Å²) in [5.41, 5.74) is -0.914. The lowest BCUT2D eigenvalue weighted by Gasteiger charge is -2.15. The van der Waals surface area contributed by atoms with Crippen molar-refractivity contribution in [2.75, 3.05) is 6.54 Å². The van der Waals surface area contributed by atoms with Crippen LogP contribution in [0.4, 0.5) is 13.2 Å². The fourth-order valence-electron chi connectivity index (χ4n) is 2.05. The smallest absolute Gasteiger partial charge is 0.416 e. The Hall–Kier alpha value is -2.77. The second-order valence-corrected chi connectivity index (χ2v) is 4.89. The largest absolute Gasteiger partial charge is 0.478 e. The first-order valence-electron chi connectivity index (χ1n) is 6.56. The van der Waals surface area contributed by atoms with E-state index in [9.17, 15) is 22.8 Å². The number of carbonyl (C=O) groups is 2. The van der Waals surface area contributed by atoms with E-state index in [1.165, 1.54) is 0 Å². The number of allylic oxidation sites excluding steroid dienone is 2. The van der Waals surface area contributed by atoms with Crippen LogP contribution in [-0.4, -0.2) is 23.5 Å². The normalized spacial score (nSPS) is 14.4. The van der Waals surface area contributed by atoms with Crippen LogP contribution in [0.5, 0.6) is 0 Å². The van der Waals surface area contributed by atoms with Crippen molar-refractivity contribution in [3.8, 4) is 0 Å². The van der Waals surface area contributed by atoms with E-state index >= 15 is 0 Å². The number of halogens is 3. The molecule has 122 valence electrons. The van der Waals surface area contributed by atoms with Crippen molar-refractivity contribution in [1.82, 2.24) is 10.6 Å². The molecule has 0 aliphatic carbocycles. The predicted molar refractivity (Wildman–Crippen MR) is 75.7 cm³/mol. The highest BCUT2D eigenvalue weighted by atomic mass is 19.4. The van der Waals surface area contributed by atoms with Crippen molar-refractivity contribution < 1.29 is 27.9 Å². The molecule has 0 spiro atoms. The molecule has 1 aliphatic heterocycles. The molecule has 0 aromatic heterocycles. The number of carbonyl (C=O) groups excluding carboxylic acids is 1. The van der Waals surface area contributed by atoms with Gasteiger partial charge in [-0.05, 0) is 37.3 Å². The Balaban J connectivity index is 2.33. The SMILES string of the molecule is CC1=CC(NC(=O)c2ccc(C(F)(F)F)cc2C(=O)O)=CCN1. The molecule has 5 nitrogen and oxygen atoms in total. The quantitative estimate of drug-likeness (QED) is 0.797. The molecule has 0 radical (unpaired) electrons. The molecule has 1 heterocycles. The molecular formula is C15H13F3N2O3. The molecule has 2 rings (SSSR count). The fraction of sp³-hybridized carbons (Fsp3) is 0.200. The summed E-state index contributed by atoms with van der Waals surface area (Å²) in [6.07, 6.45) is -1.39. The Morgan fingerprint density at radius 2 is 1.96 bits per heavy atom. The molecule has 8 heteroatoms. The van der Waals surface area contributed by atoms with E-state index in [0.717, 1.165) is 11.8 Å². The number of rotatable bonds is 3. The Morgan fingerprint density at radius 1 is 1.26 bits per heavy atom.